The van der Waals surface area contributed by atoms with Crippen LogP contribution in [-0.2, 0) is 11.3 Å². The molecule has 104 valence electrons. The third-order valence-corrected chi connectivity index (χ3v) is 4.50. The number of primary amides is 1. The van der Waals surface area contributed by atoms with Crippen LogP contribution in [0.15, 0.2) is 22.7 Å². The van der Waals surface area contributed by atoms with E-state index in [0.29, 0.717) is 12.3 Å². The van der Waals surface area contributed by atoms with Gasteiger partial charge in [-0.2, -0.15) is 0 Å². The fraction of sp³-hybridized carbons (Fsp3) is 0.500. The molecule has 5 heteroatoms. The second-order valence-electron chi connectivity index (χ2n) is 5.15. The fourth-order valence-electron chi connectivity index (χ4n) is 2.65. The smallest absolute Gasteiger partial charge is 0.217 e. The molecule has 3 nitrogen and oxygen atoms in total. The normalized spacial score (nSPS) is 20.4. The Bertz CT molecular complexity index is 467. The first-order chi connectivity index (χ1) is 9.04. The van der Waals surface area contributed by atoms with Gasteiger partial charge in [-0.15, -0.1) is 0 Å². The Morgan fingerprint density at radius 1 is 1.53 bits per heavy atom. The van der Waals surface area contributed by atoms with Crippen molar-refractivity contribution in [1.82, 2.24) is 4.90 Å². The van der Waals surface area contributed by atoms with E-state index in [4.69, 9.17) is 17.3 Å². The summed E-state index contributed by atoms with van der Waals surface area (Å²) in [4.78, 5) is 13.4. The van der Waals surface area contributed by atoms with Gasteiger partial charge in [0.1, 0.15) is 0 Å². The van der Waals surface area contributed by atoms with E-state index >= 15 is 0 Å². The molecule has 0 spiro atoms. The quantitative estimate of drug-likeness (QED) is 0.911. The Labute approximate surface area is 127 Å². The van der Waals surface area contributed by atoms with E-state index in [9.17, 15) is 4.79 Å². The van der Waals surface area contributed by atoms with Gasteiger partial charge in [-0.1, -0.05) is 27.5 Å². The molecule has 19 heavy (non-hydrogen) atoms. The highest BCUT2D eigenvalue weighted by molar-refractivity contribution is 9.10. The molecule has 2 rings (SSSR count). The van der Waals surface area contributed by atoms with Crippen LogP contribution >= 0.6 is 27.5 Å². The van der Waals surface area contributed by atoms with Crippen LogP contribution in [-0.4, -0.2) is 23.9 Å². The number of amides is 1. The summed E-state index contributed by atoms with van der Waals surface area (Å²) in [6.45, 7) is 2.85. The summed E-state index contributed by atoms with van der Waals surface area (Å²) < 4.78 is 1.08. The van der Waals surface area contributed by atoms with E-state index in [1.54, 1.807) is 0 Å². The minimum absolute atomic E-state index is 0.198. The van der Waals surface area contributed by atoms with Crippen LogP contribution in [0.3, 0.4) is 0 Å². The van der Waals surface area contributed by atoms with Crippen molar-refractivity contribution in [3.8, 4) is 0 Å². The summed E-state index contributed by atoms with van der Waals surface area (Å²) in [5.74, 6) is 0.194. The first-order valence-electron chi connectivity index (χ1n) is 6.49. The number of carbonyl (C=O) groups excluding carboxylic acids is 1. The number of hydrogen-bond donors (Lipinski definition) is 1. The Morgan fingerprint density at radius 3 is 3.05 bits per heavy atom. The predicted molar refractivity (Wildman–Crippen MR) is 81.0 cm³/mol. The van der Waals surface area contributed by atoms with Gasteiger partial charge in [0.15, 0.2) is 0 Å². The molecule has 1 unspecified atom stereocenters. The largest absolute Gasteiger partial charge is 0.370 e. The van der Waals surface area contributed by atoms with Crippen molar-refractivity contribution in [1.29, 1.82) is 0 Å². The van der Waals surface area contributed by atoms with E-state index in [0.717, 1.165) is 42.0 Å². The highest BCUT2D eigenvalue weighted by atomic mass is 79.9. The van der Waals surface area contributed by atoms with Gasteiger partial charge in [-0.3, -0.25) is 9.69 Å². The van der Waals surface area contributed by atoms with Crippen LogP contribution in [0.4, 0.5) is 0 Å². The average molecular weight is 346 g/mol. The number of piperidine rings is 1. The van der Waals surface area contributed by atoms with Crippen molar-refractivity contribution < 1.29 is 4.79 Å². The lowest BCUT2D eigenvalue weighted by Crippen LogP contribution is -2.36. The minimum Gasteiger partial charge on any atom is -0.370 e. The van der Waals surface area contributed by atoms with Gasteiger partial charge in [-0.25, -0.2) is 0 Å². The summed E-state index contributed by atoms with van der Waals surface area (Å²) in [5.41, 5.74) is 6.47. The Hall–Kier alpha value is -0.580. The molecule has 0 bridgehead atoms. The molecule has 1 fully saturated rings. The number of halogens is 2. The average Bonchev–Trinajstić information content (AvgIpc) is 2.33. The zero-order chi connectivity index (χ0) is 13.8. The lowest BCUT2D eigenvalue weighted by molar-refractivity contribution is -0.119. The van der Waals surface area contributed by atoms with Gasteiger partial charge < -0.3 is 5.73 Å². The van der Waals surface area contributed by atoms with E-state index in [-0.39, 0.29) is 5.91 Å². The van der Waals surface area contributed by atoms with Crippen molar-refractivity contribution in [3.05, 3.63) is 33.3 Å². The Kier molecular flexibility index (Phi) is 5.25. The van der Waals surface area contributed by atoms with E-state index in [1.807, 2.05) is 18.2 Å². The van der Waals surface area contributed by atoms with Crippen molar-refractivity contribution in [2.45, 2.75) is 25.8 Å². The first-order valence-corrected chi connectivity index (χ1v) is 7.66. The number of nitrogens with two attached hydrogens (primary N) is 1. The standard InChI is InChI=1S/C14H18BrClN2O/c15-13-4-3-12(16)7-11(13)9-18-5-1-2-10(8-18)6-14(17)19/h3-4,7,10H,1-2,5-6,8-9H2,(H2,17,19). The van der Waals surface area contributed by atoms with Gasteiger partial charge in [-0.05, 0) is 49.1 Å². The monoisotopic (exact) mass is 344 g/mol. The van der Waals surface area contributed by atoms with E-state index in [2.05, 4.69) is 20.8 Å². The van der Waals surface area contributed by atoms with Gasteiger partial charge in [0, 0.05) is 29.0 Å². The molecule has 1 heterocycles. The summed E-state index contributed by atoms with van der Waals surface area (Å²) in [7, 11) is 0. The Morgan fingerprint density at radius 2 is 2.32 bits per heavy atom. The van der Waals surface area contributed by atoms with Crippen molar-refractivity contribution >= 4 is 33.4 Å². The highest BCUT2D eigenvalue weighted by Crippen LogP contribution is 2.26. The lowest BCUT2D eigenvalue weighted by Gasteiger charge is -2.32. The molecule has 1 aliphatic heterocycles. The molecule has 0 saturated carbocycles. The minimum atomic E-state index is -0.198. The number of nitrogens with zero attached hydrogens (tertiary/aromatic N) is 1. The second-order valence-corrected chi connectivity index (χ2v) is 6.44. The van der Waals surface area contributed by atoms with Gasteiger partial charge in [0.25, 0.3) is 0 Å². The zero-order valence-corrected chi connectivity index (χ0v) is 13.1. The summed E-state index contributed by atoms with van der Waals surface area (Å²) in [6.07, 6.45) is 2.71. The maximum absolute atomic E-state index is 11.0. The van der Waals surface area contributed by atoms with Crippen molar-refractivity contribution in [2.24, 2.45) is 11.7 Å². The van der Waals surface area contributed by atoms with Gasteiger partial charge >= 0.3 is 0 Å². The summed E-state index contributed by atoms with van der Waals surface area (Å²) in [6, 6.07) is 5.84. The molecule has 0 aliphatic carbocycles. The number of rotatable bonds is 4. The number of benzene rings is 1. The van der Waals surface area contributed by atoms with Gasteiger partial charge in [0.05, 0.1) is 0 Å². The molecular formula is C14H18BrClN2O. The summed E-state index contributed by atoms with van der Waals surface area (Å²) >= 11 is 9.58. The van der Waals surface area contributed by atoms with Crippen molar-refractivity contribution in [2.75, 3.05) is 13.1 Å². The number of hydrogen-bond acceptors (Lipinski definition) is 2. The third kappa shape index (κ3) is 4.48. The van der Waals surface area contributed by atoms with Crippen LogP contribution in [0, 0.1) is 5.92 Å². The molecule has 1 atom stereocenters. The molecule has 1 amide bonds. The fourth-order valence-corrected chi connectivity index (χ4v) is 3.22. The zero-order valence-electron chi connectivity index (χ0n) is 10.7. The van der Waals surface area contributed by atoms with Crippen molar-refractivity contribution in [3.63, 3.8) is 0 Å². The molecule has 0 aromatic heterocycles. The van der Waals surface area contributed by atoms with Crippen LogP contribution in [0.5, 0.6) is 0 Å². The SMILES string of the molecule is NC(=O)CC1CCCN(Cc2cc(Cl)ccc2Br)C1. The molecule has 2 N–H and O–H groups in total. The first kappa shape index (κ1) is 14.8. The molecule has 1 aromatic rings. The maximum Gasteiger partial charge on any atom is 0.217 e. The molecule has 1 aromatic carbocycles. The molecule has 1 saturated heterocycles. The Balaban J connectivity index is 1.98. The van der Waals surface area contributed by atoms with Crippen LogP contribution in [0.1, 0.15) is 24.8 Å². The van der Waals surface area contributed by atoms with E-state index in [1.165, 1.54) is 5.56 Å². The molecular weight excluding hydrogens is 328 g/mol. The van der Waals surface area contributed by atoms with Gasteiger partial charge in [0.2, 0.25) is 5.91 Å². The summed E-state index contributed by atoms with van der Waals surface area (Å²) in [5, 5.41) is 0.754. The topological polar surface area (TPSA) is 46.3 Å². The third-order valence-electron chi connectivity index (χ3n) is 3.49. The van der Waals surface area contributed by atoms with Crippen LogP contribution in [0.2, 0.25) is 5.02 Å². The second kappa shape index (κ2) is 6.73. The lowest BCUT2D eigenvalue weighted by atomic mass is 9.94. The number of likely N-dealkylation sites (tertiary alicyclic amines) is 1. The molecule has 0 radical (unpaired) electrons. The number of carbonyl (C=O) groups is 1. The maximum atomic E-state index is 11.0. The highest BCUT2D eigenvalue weighted by Gasteiger charge is 2.21. The predicted octanol–water partition coefficient (Wildman–Crippen LogP) is 3.19. The molecule has 1 aliphatic rings. The van der Waals surface area contributed by atoms with Crippen LogP contribution < -0.4 is 5.73 Å². The van der Waals surface area contributed by atoms with E-state index < -0.39 is 0 Å². The van der Waals surface area contributed by atoms with Crippen LogP contribution in [0.25, 0.3) is 0 Å².